The summed E-state index contributed by atoms with van der Waals surface area (Å²) >= 11 is 0. The number of aliphatic hydroxyl groups excluding tert-OH is 1. The van der Waals surface area contributed by atoms with Gasteiger partial charge in [0.05, 0.1) is 30.6 Å². The van der Waals surface area contributed by atoms with Crippen LogP contribution in [0.5, 0.6) is 0 Å². The van der Waals surface area contributed by atoms with E-state index >= 15 is 0 Å². The smallest absolute Gasteiger partial charge is 0.248 e. The highest BCUT2D eigenvalue weighted by Crippen LogP contribution is 2.59. The van der Waals surface area contributed by atoms with Gasteiger partial charge < -0.3 is 24.5 Å². The number of aliphatic hydroxyl groups is 1. The normalized spacial score (nSPS) is 27.8. The van der Waals surface area contributed by atoms with Crippen LogP contribution in [0.2, 0.25) is 0 Å². The van der Waals surface area contributed by atoms with E-state index in [9.17, 15) is 19.5 Å². The summed E-state index contributed by atoms with van der Waals surface area (Å²) in [5.41, 5.74) is -0.0979. The highest BCUT2D eigenvalue weighted by Gasteiger charge is 2.75. The SMILES string of the molecule is C=CCN(CCCCC)C(=O)C1N([C@H](C)CO)C(=O)[C@@H]2[C@H](C(=O)N(CC=C)Cc3ccccc3)[C@@H]3CCC12O3. The molecule has 2 bridgehead atoms. The van der Waals surface area contributed by atoms with Crippen molar-refractivity contribution in [2.45, 2.75) is 76.3 Å². The van der Waals surface area contributed by atoms with Gasteiger partial charge in [0.1, 0.15) is 11.6 Å². The summed E-state index contributed by atoms with van der Waals surface area (Å²) < 4.78 is 6.59. The molecule has 1 spiro atoms. The summed E-state index contributed by atoms with van der Waals surface area (Å²) in [5, 5.41) is 10.1. The second-order valence-corrected chi connectivity index (χ2v) is 11.1. The minimum absolute atomic E-state index is 0.153. The van der Waals surface area contributed by atoms with Crippen LogP contribution in [0.25, 0.3) is 0 Å². The average Bonchev–Trinajstić information content (AvgIpc) is 3.59. The van der Waals surface area contributed by atoms with Gasteiger partial charge in [0.15, 0.2) is 0 Å². The first kappa shape index (κ1) is 29.0. The molecular weight excluding hydrogens is 494 g/mol. The Kier molecular flexibility index (Phi) is 9.28. The summed E-state index contributed by atoms with van der Waals surface area (Å²) in [4.78, 5) is 47.4. The quantitative estimate of drug-likeness (QED) is 0.291. The fourth-order valence-corrected chi connectivity index (χ4v) is 6.79. The maximum atomic E-state index is 14.2. The summed E-state index contributed by atoms with van der Waals surface area (Å²) in [6.07, 6.45) is 6.97. The van der Waals surface area contributed by atoms with Gasteiger partial charge in [-0.05, 0) is 31.7 Å². The van der Waals surface area contributed by atoms with E-state index in [0.29, 0.717) is 39.0 Å². The minimum Gasteiger partial charge on any atom is -0.394 e. The Bertz CT molecular complexity index is 1060. The minimum atomic E-state index is -1.08. The molecule has 0 radical (unpaired) electrons. The lowest BCUT2D eigenvalue weighted by atomic mass is 9.70. The van der Waals surface area contributed by atoms with Crippen molar-refractivity contribution in [3.63, 3.8) is 0 Å². The third-order valence-corrected chi connectivity index (χ3v) is 8.57. The maximum absolute atomic E-state index is 14.2. The van der Waals surface area contributed by atoms with Crippen LogP contribution in [-0.4, -0.2) is 87.6 Å². The molecule has 4 rings (SSSR count). The molecule has 1 aromatic rings. The highest BCUT2D eigenvalue weighted by atomic mass is 16.5. The van der Waals surface area contributed by atoms with Crippen molar-refractivity contribution in [2.24, 2.45) is 11.8 Å². The Morgan fingerprint density at radius 3 is 2.49 bits per heavy atom. The fourth-order valence-electron chi connectivity index (χ4n) is 6.79. The molecule has 3 aliphatic heterocycles. The fraction of sp³-hybridized carbons (Fsp3) is 0.581. The van der Waals surface area contributed by atoms with Gasteiger partial charge >= 0.3 is 0 Å². The number of unbranched alkanes of at least 4 members (excludes halogenated alkanes) is 2. The number of carbonyl (C=O) groups excluding carboxylic acids is 3. The highest BCUT2D eigenvalue weighted by molar-refractivity contribution is 5.99. The molecule has 2 unspecified atom stereocenters. The van der Waals surface area contributed by atoms with E-state index < -0.39 is 35.6 Å². The van der Waals surface area contributed by atoms with Gasteiger partial charge in [0, 0.05) is 26.2 Å². The largest absolute Gasteiger partial charge is 0.394 e. The number of nitrogens with zero attached hydrogens (tertiary/aromatic N) is 3. The number of ether oxygens (including phenoxy) is 1. The molecule has 212 valence electrons. The van der Waals surface area contributed by atoms with Gasteiger partial charge in [-0.3, -0.25) is 14.4 Å². The zero-order chi connectivity index (χ0) is 28.2. The van der Waals surface area contributed by atoms with Crippen molar-refractivity contribution >= 4 is 17.7 Å². The summed E-state index contributed by atoms with van der Waals surface area (Å²) in [7, 11) is 0. The number of rotatable bonds is 14. The number of amides is 3. The summed E-state index contributed by atoms with van der Waals surface area (Å²) in [6.45, 7) is 12.9. The van der Waals surface area contributed by atoms with Gasteiger partial charge in [0.25, 0.3) is 0 Å². The zero-order valence-corrected chi connectivity index (χ0v) is 23.3. The van der Waals surface area contributed by atoms with Gasteiger partial charge in [-0.2, -0.15) is 0 Å². The van der Waals surface area contributed by atoms with E-state index in [-0.39, 0.29) is 24.3 Å². The van der Waals surface area contributed by atoms with Gasteiger partial charge in [0.2, 0.25) is 17.7 Å². The van der Waals surface area contributed by atoms with Crippen LogP contribution in [0.1, 0.15) is 51.5 Å². The van der Waals surface area contributed by atoms with Gasteiger partial charge in [-0.1, -0.05) is 62.2 Å². The van der Waals surface area contributed by atoms with E-state index in [0.717, 1.165) is 24.8 Å². The molecular formula is C31H43N3O5. The van der Waals surface area contributed by atoms with Crippen molar-refractivity contribution in [3.05, 3.63) is 61.2 Å². The molecule has 3 saturated heterocycles. The predicted molar refractivity (Wildman–Crippen MR) is 149 cm³/mol. The molecule has 0 aromatic heterocycles. The zero-order valence-electron chi connectivity index (χ0n) is 23.3. The Labute approximate surface area is 232 Å². The Hall–Kier alpha value is -2.97. The molecule has 8 heteroatoms. The summed E-state index contributed by atoms with van der Waals surface area (Å²) in [5.74, 6) is -2.08. The predicted octanol–water partition coefficient (Wildman–Crippen LogP) is 3.16. The second kappa shape index (κ2) is 12.5. The topological polar surface area (TPSA) is 90.4 Å². The second-order valence-electron chi connectivity index (χ2n) is 11.1. The first-order valence-electron chi connectivity index (χ1n) is 14.3. The Balaban J connectivity index is 1.68. The van der Waals surface area contributed by atoms with E-state index in [1.165, 1.54) is 4.90 Å². The number of likely N-dealkylation sites (tertiary alicyclic amines) is 1. The number of carbonyl (C=O) groups is 3. The lowest BCUT2D eigenvalue weighted by molar-refractivity contribution is -0.151. The van der Waals surface area contributed by atoms with E-state index in [4.69, 9.17) is 4.74 Å². The number of fused-ring (bicyclic) bond motifs is 1. The van der Waals surface area contributed by atoms with Crippen LogP contribution in [0.15, 0.2) is 55.6 Å². The maximum Gasteiger partial charge on any atom is 0.248 e. The molecule has 39 heavy (non-hydrogen) atoms. The van der Waals surface area contributed by atoms with E-state index in [1.54, 1.807) is 28.9 Å². The number of hydrogen-bond donors (Lipinski definition) is 1. The van der Waals surface area contributed by atoms with Crippen molar-refractivity contribution in [1.29, 1.82) is 0 Å². The third-order valence-electron chi connectivity index (χ3n) is 8.57. The van der Waals surface area contributed by atoms with E-state index in [1.807, 2.05) is 30.3 Å². The molecule has 3 fully saturated rings. The van der Waals surface area contributed by atoms with Crippen LogP contribution >= 0.6 is 0 Å². The van der Waals surface area contributed by atoms with Crippen LogP contribution < -0.4 is 0 Å². The van der Waals surface area contributed by atoms with Gasteiger partial charge in [-0.15, -0.1) is 13.2 Å². The van der Waals surface area contributed by atoms with Gasteiger partial charge in [-0.25, -0.2) is 0 Å². The Morgan fingerprint density at radius 2 is 1.85 bits per heavy atom. The van der Waals surface area contributed by atoms with Crippen LogP contribution in [0, 0.1) is 11.8 Å². The monoisotopic (exact) mass is 537 g/mol. The lowest BCUT2D eigenvalue weighted by Crippen LogP contribution is -2.58. The van der Waals surface area contributed by atoms with E-state index in [2.05, 4.69) is 20.1 Å². The van der Waals surface area contributed by atoms with Crippen LogP contribution in [-0.2, 0) is 25.7 Å². The molecule has 6 atom stereocenters. The molecule has 8 nitrogen and oxygen atoms in total. The lowest BCUT2D eigenvalue weighted by Gasteiger charge is -2.38. The number of hydrogen-bond acceptors (Lipinski definition) is 5. The molecule has 0 saturated carbocycles. The molecule has 1 aromatic carbocycles. The van der Waals surface area contributed by atoms with Crippen molar-refractivity contribution in [2.75, 3.05) is 26.2 Å². The number of benzene rings is 1. The molecule has 3 amide bonds. The van der Waals surface area contributed by atoms with Crippen molar-refractivity contribution < 1.29 is 24.2 Å². The van der Waals surface area contributed by atoms with Crippen molar-refractivity contribution in [1.82, 2.24) is 14.7 Å². The summed E-state index contributed by atoms with van der Waals surface area (Å²) in [6, 6.07) is 8.26. The molecule has 1 N–H and O–H groups in total. The first-order valence-corrected chi connectivity index (χ1v) is 14.3. The molecule has 3 heterocycles. The molecule has 0 aliphatic carbocycles. The average molecular weight is 538 g/mol. The first-order chi connectivity index (χ1) is 18.8. The Morgan fingerprint density at radius 1 is 1.15 bits per heavy atom. The third kappa shape index (κ3) is 5.29. The standard InChI is InChI=1S/C31H43N3O5/c1-5-8-12-19-32(17-6-2)30(38)27-31-16-15-24(39-31)25(26(31)29(37)34(27)22(4)21-35)28(36)33(18-7-3)20-23-13-10-9-11-14-23/h6-7,9-11,13-14,22,24-27,35H,2-3,5,8,12,15-21H2,1,4H3/t22-,24+,25-,26+,27?,31?/m1/s1. The van der Waals surface area contributed by atoms with Crippen LogP contribution in [0.3, 0.4) is 0 Å². The molecule has 3 aliphatic rings. The van der Waals surface area contributed by atoms with Crippen LogP contribution in [0.4, 0.5) is 0 Å². The van der Waals surface area contributed by atoms with Crippen molar-refractivity contribution in [3.8, 4) is 0 Å².